The van der Waals surface area contributed by atoms with Crippen LogP contribution >= 0.6 is 0 Å². The monoisotopic (exact) mass is 323 g/mol. The van der Waals surface area contributed by atoms with Crippen LogP contribution in [0.2, 0.25) is 0 Å². The molecule has 0 radical (unpaired) electrons. The van der Waals surface area contributed by atoms with Gasteiger partial charge in [0, 0.05) is 30.6 Å². The lowest BCUT2D eigenvalue weighted by Gasteiger charge is -2.09. The van der Waals surface area contributed by atoms with Crippen LogP contribution < -0.4 is 10.1 Å². The third-order valence-electron chi connectivity index (χ3n) is 3.77. The van der Waals surface area contributed by atoms with E-state index in [9.17, 15) is 13.6 Å². The van der Waals surface area contributed by atoms with Crippen LogP contribution in [0.15, 0.2) is 12.1 Å². The van der Waals surface area contributed by atoms with Crippen molar-refractivity contribution in [2.24, 2.45) is 0 Å². The predicted octanol–water partition coefficient (Wildman–Crippen LogP) is 2.56. The van der Waals surface area contributed by atoms with E-state index in [4.69, 9.17) is 4.74 Å². The number of H-pyrrole nitrogens is 1. The number of amides is 1. The van der Waals surface area contributed by atoms with E-state index in [0.717, 1.165) is 17.0 Å². The quantitative estimate of drug-likeness (QED) is 0.858. The molecular weight excluding hydrogens is 304 g/mol. The lowest BCUT2D eigenvalue weighted by Crippen LogP contribution is -2.24. The van der Waals surface area contributed by atoms with Crippen LogP contribution in [-0.2, 0) is 17.8 Å². The summed E-state index contributed by atoms with van der Waals surface area (Å²) >= 11 is 0. The number of hydrogen-bond acceptors (Lipinski definition) is 3. The zero-order chi connectivity index (χ0) is 17.0. The number of aromatic amines is 1. The van der Waals surface area contributed by atoms with Gasteiger partial charge in [-0.05, 0) is 25.5 Å². The average Bonchev–Trinajstić information content (AvgIpc) is 2.86. The van der Waals surface area contributed by atoms with E-state index in [2.05, 4.69) is 15.5 Å². The standard InChI is InChI=1S/C16H19F2N3O2/c1-9-10(2)20-21-12(9)5-7-14(22)19-8-11-4-6-13(23-3)16(18)15(11)17/h4,6H,5,7-8H2,1-3H3,(H,19,22)(H,20,21). The highest BCUT2D eigenvalue weighted by atomic mass is 19.2. The van der Waals surface area contributed by atoms with E-state index in [1.54, 1.807) is 0 Å². The lowest BCUT2D eigenvalue weighted by atomic mass is 10.1. The van der Waals surface area contributed by atoms with E-state index < -0.39 is 11.6 Å². The Balaban J connectivity index is 1.90. The molecule has 0 atom stereocenters. The van der Waals surface area contributed by atoms with Gasteiger partial charge in [0.15, 0.2) is 11.6 Å². The summed E-state index contributed by atoms with van der Waals surface area (Å²) in [4.78, 5) is 11.8. The fourth-order valence-electron chi connectivity index (χ4n) is 2.16. The molecule has 7 heteroatoms. The molecule has 5 nitrogen and oxygen atoms in total. The minimum atomic E-state index is -1.05. The van der Waals surface area contributed by atoms with Crippen LogP contribution in [0.25, 0.3) is 0 Å². The van der Waals surface area contributed by atoms with E-state index >= 15 is 0 Å². The minimum Gasteiger partial charge on any atom is -0.494 e. The first-order chi connectivity index (χ1) is 10.9. The van der Waals surface area contributed by atoms with Gasteiger partial charge in [-0.2, -0.15) is 9.49 Å². The molecule has 1 aromatic carbocycles. The van der Waals surface area contributed by atoms with Crippen molar-refractivity contribution in [1.29, 1.82) is 0 Å². The number of nitrogens with zero attached hydrogens (tertiary/aromatic N) is 1. The molecule has 0 saturated heterocycles. The van der Waals surface area contributed by atoms with Crippen molar-refractivity contribution in [1.82, 2.24) is 15.5 Å². The molecule has 2 aromatic rings. The molecule has 0 spiro atoms. The van der Waals surface area contributed by atoms with Crippen molar-refractivity contribution in [3.63, 3.8) is 0 Å². The summed E-state index contributed by atoms with van der Waals surface area (Å²) in [7, 11) is 1.26. The highest BCUT2D eigenvalue weighted by molar-refractivity contribution is 5.76. The molecule has 1 aromatic heterocycles. The normalized spacial score (nSPS) is 10.7. The second-order valence-corrected chi connectivity index (χ2v) is 5.25. The van der Waals surface area contributed by atoms with Gasteiger partial charge in [0.2, 0.25) is 11.7 Å². The molecule has 23 heavy (non-hydrogen) atoms. The maximum Gasteiger partial charge on any atom is 0.220 e. The van der Waals surface area contributed by atoms with Crippen molar-refractivity contribution in [2.75, 3.05) is 7.11 Å². The Morgan fingerprint density at radius 2 is 2.04 bits per heavy atom. The van der Waals surface area contributed by atoms with Gasteiger partial charge >= 0.3 is 0 Å². The van der Waals surface area contributed by atoms with Crippen molar-refractivity contribution < 1.29 is 18.3 Å². The molecule has 0 saturated carbocycles. The van der Waals surface area contributed by atoms with Crippen LogP contribution in [-0.4, -0.2) is 23.2 Å². The highest BCUT2D eigenvalue weighted by Gasteiger charge is 2.15. The Labute approximate surface area is 133 Å². The molecule has 1 amide bonds. The molecular formula is C16H19F2N3O2. The number of benzene rings is 1. The van der Waals surface area contributed by atoms with Gasteiger partial charge in [-0.15, -0.1) is 0 Å². The van der Waals surface area contributed by atoms with Gasteiger partial charge in [0.1, 0.15) is 0 Å². The largest absolute Gasteiger partial charge is 0.494 e. The SMILES string of the molecule is COc1ccc(CNC(=O)CCc2n[nH]c(C)c2C)c(F)c1F. The zero-order valence-corrected chi connectivity index (χ0v) is 13.3. The molecule has 0 aliphatic carbocycles. The lowest BCUT2D eigenvalue weighted by molar-refractivity contribution is -0.121. The van der Waals surface area contributed by atoms with Gasteiger partial charge < -0.3 is 10.1 Å². The van der Waals surface area contributed by atoms with E-state index in [1.165, 1.54) is 19.2 Å². The minimum absolute atomic E-state index is 0.0726. The number of aromatic nitrogens is 2. The summed E-state index contributed by atoms with van der Waals surface area (Å²) in [6.45, 7) is 3.76. The van der Waals surface area contributed by atoms with Crippen LogP contribution in [0.1, 0.15) is 28.9 Å². The topological polar surface area (TPSA) is 67.0 Å². The third kappa shape index (κ3) is 3.85. The molecule has 2 N–H and O–H groups in total. The summed E-state index contributed by atoms with van der Waals surface area (Å²) < 4.78 is 32.1. The average molecular weight is 323 g/mol. The van der Waals surface area contributed by atoms with Crippen LogP contribution in [0, 0.1) is 25.5 Å². The third-order valence-corrected chi connectivity index (χ3v) is 3.77. The maximum atomic E-state index is 13.8. The second-order valence-electron chi connectivity index (χ2n) is 5.25. The molecule has 0 aliphatic rings. The van der Waals surface area contributed by atoms with Gasteiger partial charge in [0.25, 0.3) is 0 Å². The van der Waals surface area contributed by atoms with Crippen molar-refractivity contribution in [2.45, 2.75) is 33.2 Å². The van der Waals surface area contributed by atoms with Crippen LogP contribution in [0.4, 0.5) is 8.78 Å². The molecule has 1 heterocycles. The van der Waals surface area contributed by atoms with E-state index in [-0.39, 0.29) is 30.2 Å². The first-order valence-electron chi connectivity index (χ1n) is 7.22. The van der Waals surface area contributed by atoms with Gasteiger partial charge in [0.05, 0.1) is 12.8 Å². The number of hydrogen-bond donors (Lipinski definition) is 2. The number of nitrogens with one attached hydrogen (secondary N) is 2. The number of carbonyl (C=O) groups is 1. The Morgan fingerprint density at radius 3 is 2.65 bits per heavy atom. The van der Waals surface area contributed by atoms with Crippen LogP contribution in [0.5, 0.6) is 5.75 Å². The smallest absolute Gasteiger partial charge is 0.220 e. The summed E-state index contributed by atoms with van der Waals surface area (Å²) in [5.41, 5.74) is 2.90. The zero-order valence-electron chi connectivity index (χ0n) is 13.3. The number of carbonyl (C=O) groups excluding carboxylic acids is 1. The van der Waals surface area contributed by atoms with Crippen molar-refractivity contribution >= 4 is 5.91 Å². The first-order valence-corrected chi connectivity index (χ1v) is 7.22. The molecule has 0 fully saturated rings. The number of rotatable bonds is 6. The number of ether oxygens (including phenoxy) is 1. The van der Waals surface area contributed by atoms with Gasteiger partial charge in [-0.25, -0.2) is 4.39 Å². The number of halogens is 2. The summed E-state index contributed by atoms with van der Waals surface area (Å²) in [5.74, 6) is -2.48. The molecule has 124 valence electrons. The highest BCUT2D eigenvalue weighted by Crippen LogP contribution is 2.22. The summed E-state index contributed by atoms with van der Waals surface area (Å²) in [6.07, 6.45) is 0.715. The molecule has 0 aliphatic heterocycles. The molecule has 2 rings (SSSR count). The van der Waals surface area contributed by atoms with Crippen molar-refractivity contribution in [3.8, 4) is 5.75 Å². The Bertz CT molecular complexity index is 714. The van der Waals surface area contributed by atoms with E-state index in [0.29, 0.717) is 6.42 Å². The fraction of sp³-hybridized carbons (Fsp3) is 0.375. The maximum absolute atomic E-state index is 13.8. The van der Waals surface area contributed by atoms with Gasteiger partial charge in [-0.3, -0.25) is 9.89 Å². The predicted molar refractivity (Wildman–Crippen MR) is 81.1 cm³/mol. The Kier molecular flexibility index (Phi) is 5.31. The first kappa shape index (κ1) is 16.9. The molecule has 0 bridgehead atoms. The molecule has 0 unspecified atom stereocenters. The Hall–Kier alpha value is -2.44. The van der Waals surface area contributed by atoms with Gasteiger partial charge in [-0.1, -0.05) is 6.07 Å². The van der Waals surface area contributed by atoms with E-state index in [1.807, 2.05) is 13.8 Å². The summed E-state index contributed by atoms with van der Waals surface area (Å²) in [6, 6.07) is 2.72. The summed E-state index contributed by atoms with van der Waals surface area (Å²) in [5, 5.41) is 9.56. The van der Waals surface area contributed by atoms with Crippen molar-refractivity contribution in [3.05, 3.63) is 46.3 Å². The van der Waals surface area contributed by atoms with Crippen LogP contribution in [0.3, 0.4) is 0 Å². The number of aryl methyl sites for hydroxylation is 2. The Morgan fingerprint density at radius 1 is 1.30 bits per heavy atom. The fourth-order valence-corrected chi connectivity index (χ4v) is 2.16. The number of methoxy groups -OCH3 is 1. The second kappa shape index (κ2) is 7.21.